The van der Waals surface area contributed by atoms with Crippen molar-refractivity contribution in [1.82, 2.24) is 15.3 Å². The van der Waals surface area contributed by atoms with Crippen molar-refractivity contribution in [3.63, 3.8) is 0 Å². The normalized spacial score (nSPS) is 12.8. The van der Waals surface area contributed by atoms with Crippen LogP contribution in [0.4, 0.5) is 0 Å². The number of rotatable bonds is 5. The van der Waals surface area contributed by atoms with E-state index in [-0.39, 0.29) is 12.6 Å². The molecule has 0 aliphatic heterocycles. The first-order chi connectivity index (χ1) is 6.36. The molecule has 1 heterocycles. The summed E-state index contributed by atoms with van der Waals surface area (Å²) in [6.45, 7) is 2.92. The number of hydrogen-bond donors (Lipinski definition) is 2. The van der Waals surface area contributed by atoms with E-state index < -0.39 is 0 Å². The molecular weight excluding hydrogens is 166 g/mol. The van der Waals surface area contributed by atoms with Crippen LogP contribution >= 0.6 is 0 Å². The lowest BCUT2D eigenvalue weighted by atomic mass is 10.2. The van der Waals surface area contributed by atoms with Crippen LogP contribution in [0.5, 0.6) is 0 Å². The predicted molar refractivity (Wildman–Crippen MR) is 50.0 cm³/mol. The van der Waals surface area contributed by atoms with E-state index in [4.69, 9.17) is 5.11 Å². The molecule has 0 amide bonds. The third-order valence-electron chi connectivity index (χ3n) is 1.92. The fourth-order valence-corrected chi connectivity index (χ4v) is 1.02. The number of nitrogens with one attached hydrogen (secondary N) is 1. The molecule has 72 valence electrons. The Labute approximate surface area is 78.0 Å². The Morgan fingerprint density at radius 1 is 1.46 bits per heavy atom. The number of aromatic nitrogens is 2. The van der Waals surface area contributed by atoms with E-state index in [1.807, 2.05) is 6.92 Å². The predicted octanol–water partition coefficient (Wildman–Crippen LogP) is 0.337. The topological polar surface area (TPSA) is 58.0 Å². The van der Waals surface area contributed by atoms with Gasteiger partial charge in [-0.2, -0.15) is 0 Å². The zero-order chi connectivity index (χ0) is 9.52. The first-order valence-electron chi connectivity index (χ1n) is 4.45. The molecule has 1 unspecified atom stereocenters. The molecular formula is C9H15N3O. The van der Waals surface area contributed by atoms with Crippen LogP contribution in [0, 0.1) is 0 Å². The van der Waals surface area contributed by atoms with Crippen LogP contribution < -0.4 is 5.32 Å². The molecule has 0 saturated carbocycles. The lowest BCUT2D eigenvalue weighted by molar-refractivity contribution is 0.238. The summed E-state index contributed by atoms with van der Waals surface area (Å²) >= 11 is 0. The van der Waals surface area contributed by atoms with Gasteiger partial charge in [-0.05, 0) is 6.42 Å². The molecule has 1 rings (SSSR count). The minimum absolute atomic E-state index is 0.167. The standard InChI is InChI=1S/C9H15N3O/c1-2-9(6-13)12-5-8-3-10-7-11-4-8/h3-4,7,9,12-13H,2,5-6H2,1H3. The molecule has 0 aliphatic carbocycles. The molecule has 0 aromatic carbocycles. The summed E-state index contributed by atoms with van der Waals surface area (Å²) in [5.74, 6) is 0. The lowest BCUT2D eigenvalue weighted by Crippen LogP contribution is -2.31. The molecule has 0 fully saturated rings. The van der Waals surface area contributed by atoms with Gasteiger partial charge in [-0.15, -0.1) is 0 Å². The maximum absolute atomic E-state index is 8.91. The van der Waals surface area contributed by atoms with E-state index in [0.29, 0.717) is 6.54 Å². The summed E-state index contributed by atoms with van der Waals surface area (Å²) in [5.41, 5.74) is 1.04. The van der Waals surface area contributed by atoms with Gasteiger partial charge in [-0.3, -0.25) is 0 Å². The van der Waals surface area contributed by atoms with Crippen molar-refractivity contribution in [3.8, 4) is 0 Å². The van der Waals surface area contributed by atoms with Crippen LogP contribution in [0.2, 0.25) is 0 Å². The Morgan fingerprint density at radius 3 is 2.69 bits per heavy atom. The van der Waals surface area contributed by atoms with E-state index in [1.54, 1.807) is 12.4 Å². The molecule has 2 N–H and O–H groups in total. The third-order valence-corrected chi connectivity index (χ3v) is 1.92. The van der Waals surface area contributed by atoms with Crippen molar-refractivity contribution >= 4 is 0 Å². The van der Waals surface area contributed by atoms with Gasteiger partial charge in [0.15, 0.2) is 0 Å². The van der Waals surface area contributed by atoms with Crippen LogP contribution in [0.3, 0.4) is 0 Å². The molecule has 13 heavy (non-hydrogen) atoms. The van der Waals surface area contributed by atoms with Gasteiger partial charge in [0.2, 0.25) is 0 Å². The Hall–Kier alpha value is -1.00. The highest BCUT2D eigenvalue weighted by Crippen LogP contribution is 1.95. The van der Waals surface area contributed by atoms with Crippen molar-refractivity contribution in [2.45, 2.75) is 25.9 Å². The smallest absolute Gasteiger partial charge is 0.115 e. The van der Waals surface area contributed by atoms with Crippen LogP contribution in [-0.2, 0) is 6.54 Å². The van der Waals surface area contributed by atoms with Gasteiger partial charge in [0.05, 0.1) is 6.61 Å². The van der Waals surface area contributed by atoms with Gasteiger partial charge in [-0.1, -0.05) is 6.92 Å². The van der Waals surface area contributed by atoms with E-state index in [1.165, 1.54) is 6.33 Å². The third kappa shape index (κ3) is 3.48. The van der Waals surface area contributed by atoms with Gasteiger partial charge < -0.3 is 10.4 Å². The maximum Gasteiger partial charge on any atom is 0.115 e. The molecule has 1 aromatic rings. The van der Waals surface area contributed by atoms with Crippen LogP contribution in [0.15, 0.2) is 18.7 Å². The van der Waals surface area contributed by atoms with Crippen molar-refractivity contribution < 1.29 is 5.11 Å². The highest BCUT2D eigenvalue weighted by atomic mass is 16.3. The largest absolute Gasteiger partial charge is 0.395 e. The first-order valence-corrected chi connectivity index (χ1v) is 4.45. The summed E-state index contributed by atoms with van der Waals surface area (Å²) in [6, 6.07) is 0.167. The van der Waals surface area contributed by atoms with Gasteiger partial charge in [0, 0.05) is 30.5 Å². The number of hydrogen-bond acceptors (Lipinski definition) is 4. The highest BCUT2D eigenvalue weighted by molar-refractivity contribution is 5.01. The van der Waals surface area contributed by atoms with E-state index in [0.717, 1.165) is 12.0 Å². The number of nitrogens with zero attached hydrogens (tertiary/aromatic N) is 2. The fraction of sp³-hybridized carbons (Fsp3) is 0.556. The van der Waals surface area contributed by atoms with E-state index in [9.17, 15) is 0 Å². The van der Waals surface area contributed by atoms with Crippen LogP contribution in [0.1, 0.15) is 18.9 Å². The zero-order valence-corrected chi connectivity index (χ0v) is 7.77. The molecule has 1 atom stereocenters. The van der Waals surface area contributed by atoms with E-state index >= 15 is 0 Å². The van der Waals surface area contributed by atoms with Gasteiger partial charge in [-0.25, -0.2) is 9.97 Å². The van der Waals surface area contributed by atoms with Crippen molar-refractivity contribution in [2.24, 2.45) is 0 Å². The minimum atomic E-state index is 0.167. The summed E-state index contributed by atoms with van der Waals surface area (Å²) in [5, 5.41) is 12.1. The average Bonchev–Trinajstić information content (AvgIpc) is 2.21. The number of aliphatic hydroxyl groups excluding tert-OH is 1. The quantitative estimate of drug-likeness (QED) is 0.687. The summed E-state index contributed by atoms with van der Waals surface area (Å²) in [6.07, 6.45) is 5.96. The fourth-order valence-electron chi connectivity index (χ4n) is 1.02. The summed E-state index contributed by atoms with van der Waals surface area (Å²) in [7, 11) is 0. The Bertz CT molecular complexity index is 224. The minimum Gasteiger partial charge on any atom is -0.395 e. The van der Waals surface area contributed by atoms with Gasteiger partial charge in [0.25, 0.3) is 0 Å². The molecule has 0 aliphatic rings. The van der Waals surface area contributed by atoms with Crippen molar-refractivity contribution in [3.05, 3.63) is 24.3 Å². The van der Waals surface area contributed by atoms with Crippen LogP contribution in [-0.4, -0.2) is 27.7 Å². The van der Waals surface area contributed by atoms with Crippen molar-refractivity contribution in [2.75, 3.05) is 6.61 Å². The van der Waals surface area contributed by atoms with Gasteiger partial charge >= 0.3 is 0 Å². The highest BCUT2D eigenvalue weighted by Gasteiger charge is 2.02. The maximum atomic E-state index is 8.91. The Balaban J connectivity index is 2.34. The van der Waals surface area contributed by atoms with E-state index in [2.05, 4.69) is 15.3 Å². The molecule has 4 heteroatoms. The second-order valence-corrected chi connectivity index (χ2v) is 2.92. The molecule has 0 spiro atoms. The second kappa shape index (κ2) is 5.61. The average molecular weight is 181 g/mol. The molecule has 0 radical (unpaired) electrons. The second-order valence-electron chi connectivity index (χ2n) is 2.92. The SMILES string of the molecule is CCC(CO)NCc1cncnc1. The number of aliphatic hydroxyl groups is 1. The molecule has 4 nitrogen and oxygen atoms in total. The van der Waals surface area contributed by atoms with Gasteiger partial charge in [0.1, 0.15) is 6.33 Å². The molecule has 1 aromatic heterocycles. The van der Waals surface area contributed by atoms with Crippen LogP contribution in [0.25, 0.3) is 0 Å². The zero-order valence-electron chi connectivity index (χ0n) is 7.77. The molecule has 0 saturated heterocycles. The Morgan fingerprint density at radius 2 is 2.15 bits per heavy atom. The van der Waals surface area contributed by atoms with Crippen molar-refractivity contribution in [1.29, 1.82) is 0 Å². The Kier molecular flexibility index (Phi) is 4.35. The monoisotopic (exact) mass is 181 g/mol. The first kappa shape index (κ1) is 10.1. The summed E-state index contributed by atoms with van der Waals surface area (Å²) in [4.78, 5) is 7.80. The molecule has 0 bridgehead atoms. The lowest BCUT2D eigenvalue weighted by Gasteiger charge is -2.12. The summed E-state index contributed by atoms with van der Waals surface area (Å²) < 4.78 is 0.